The van der Waals surface area contributed by atoms with Crippen molar-refractivity contribution in [3.8, 4) is 0 Å². The lowest BCUT2D eigenvalue weighted by Crippen LogP contribution is -2.32. The van der Waals surface area contributed by atoms with Crippen LogP contribution in [-0.2, 0) is 9.47 Å². The predicted octanol–water partition coefficient (Wildman–Crippen LogP) is 2.57. The maximum Gasteiger partial charge on any atom is 0.169 e. The minimum Gasteiger partial charge on any atom is -0.348 e. The van der Waals surface area contributed by atoms with Crippen LogP contribution in [0.2, 0.25) is 0 Å². The second-order valence-electron chi connectivity index (χ2n) is 3.76. The van der Waals surface area contributed by atoms with Crippen molar-refractivity contribution < 1.29 is 9.47 Å². The molecule has 2 aliphatic rings. The molecule has 0 unspecified atom stereocenters. The van der Waals surface area contributed by atoms with Crippen molar-refractivity contribution in [3.63, 3.8) is 0 Å². The summed E-state index contributed by atoms with van der Waals surface area (Å²) in [5.74, 6) is -0.251. The van der Waals surface area contributed by atoms with Crippen molar-refractivity contribution in [1.82, 2.24) is 0 Å². The van der Waals surface area contributed by atoms with Gasteiger partial charge in [-0.05, 0) is 24.5 Å². The van der Waals surface area contributed by atoms with Gasteiger partial charge in [-0.3, -0.25) is 0 Å². The first kappa shape index (κ1) is 9.72. The van der Waals surface area contributed by atoms with E-state index in [9.17, 15) is 0 Å². The first-order chi connectivity index (χ1) is 6.85. The Bertz CT molecular complexity index is 267. The Labute approximate surface area is 84.9 Å². The van der Waals surface area contributed by atoms with Gasteiger partial charge in [-0.2, -0.15) is 0 Å². The van der Waals surface area contributed by atoms with Gasteiger partial charge in [0.25, 0.3) is 0 Å². The van der Waals surface area contributed by atoms with Crippen LogP contribution < -0.4 is 0 Å². The predicted molar refractivity (Wildman–Crippen MR) is 54.9 cm³/mol. The molecule has 0 N–H and O–H groups in total. The van der Waals surface area contributed by atoms with E-state index in [-0.39, 0.29) is 5.79 Å². The highest BCUT2D eigenvalue weighted by atomic mass is 16.7. The van der Waals surface area contributed by atoms with Crippen LogP contribution in [0.5, 0.6) is 0 Å². The van der Waals surface area contributed by atoms with E-state index in [1.54, 1.807) is 6.08 Å². The van der Waals surface area contributed by atoms with E-state index in [2.05, 4.69) is 12.3 Å². The van der Waals surface area contributed by atoms with Gasteiger partial charge >= 0.3 is 0 Å². The summed E-state index contributed by atoms with van der Waals surface area (Å²) < 4.78 is 11.3. The van der Waals surface area contributed by atoms with Gasteiger partial charge in [0.05, 0.1) is 13.2 Å². The number of hydrogen-bond acceptors (Lipinski definition) is 2. The number of rotatable bonds is 1. The third-order valence-electron chi connectivity index (χ3n) is 2.83. The van der Waals surface area contributed by atoms with Gasteiger partial charge in [-0.25, -0.2) is 0 Å². The highest BCUT2D eigenvalue weighted by Crippen LogP contribution is 2.37. The molecule has 0 amide bonds. The molecular formula is C12H16O2. The third-order valence-corrected chi connectivity index (χ3v) is 2.83. The Morgan fingerprint density at radius 2 is 1.86 bits per heavy atom. The fourth-order valence-corrected chi connectivity index (χ4v) is 2.04. The van der Waals surface area contributed by atoms with Crippen molar-refractivity contribution in [2.45, 2.75) is 31.5 Å². The van der Waals surface area contributed by atoms with E-state index in [0.717, 1.165) is 38.9 Å². The molecule has 1 aliphatic heterocycles. The van der Waals surface area contributed by atoms with Gasteiger partial charge in [-0.15, -0.1) is 5.73 Å². The maximum absolute atomic E-state index is 5.64. The molecule has 1 saturated heterocycles. The molecule has 76 valence electrons. The third kappa shape index (κ3) is 1.98. The molecule has 1 aliphatic carbocycles. The first-order valence-electron chi connectivity index (χ1n) is 5.18. The van der Waals surface area contributed by atoms with Gasteiger partial charge in [0.2, 0.25) is 0 Å². The summed E-state index contributed by atoms with van der Waals surface area (Å²) in [6.45, 7) is 5.14. The summed E-state index contributed by atoms with van der Waals surface area (Å²) in [4.78, 5) is 0. The largest absolute Gasteiger partial charge is 0.348 e. The van der Waals surface area contributed by atoms with E-state index in [0.29, 0.717) is 0 Å². The van der Waals surface area contributed by atoms with Gasteiger partial charge in [-0.1, -0.05) is 12.7 Å². The number of hydrogen-bond donors (Lipinski definition) is 0. The van der Waals surface area contributed by atoms with Gasteiger partial charge in [0, 0.05) is 12.8 Å². The van der Waals surface area contributed by atoms with Gasteiger partial charge in [0.1, 0.15) is 0 Å². The molecule has 0 atom stereocenters. The van der Waals surface area contributed by atoms with Crippen LogP contribution in [0.15, 0.2) is 30.0 Å². The Kier molecular flexibility index (Phi) is 2.87. The summed E-state index contributed by atoms with van der Waals surface area (Å²) in [6, 6.07) is 0. The van der Waals surface area contributed by atoms with Gasteiger partial charge < -0.3 is 9.47 Å². The minimum absolute atomic E-state index is 0.251. The topological polar surface area (TPSA) is 18.5 Å². The van der Waals surface area contributed by atoms with Crippen LogP contribution >= 0.6 is 0 Å². The SMILES string of the molecule is C=CC=C=C1CCC2(CC1)OCCO2. The lowest BCUT2D eigenvalue weighted by atomic mass is 9.90. The minimum atomic E-state index is -0.251. The quantitative estimate of drug-likeness (QED) is 0.469. The second-order valence-corrected chi connectivity index (χ2v) is 3.76. The van der Waals surface area contributed by atoms with E-state index in [4.69, 9.17) is 9.47 Å². The molecule has 14 heavy (non-hydrogen) atoms. The lowest BCUT2D eigenvalue weighted by Gasteiger charge is -2.31. The Balaban J connectivity index is 1.97. The van der Waals surface area contributed by atoms with Crippen LogP contribution in [0, 0.1) is 0 Å². The average Bonchev–Trinajstić information content (AvgIpc) is 2.66. The molecule has 0 bridgehead atoms. The summed E-state index contributed by atoms with van der Waals surface area (Å²) in [6.07, 6.45) is 7.65. The molecule has 0 aromatic heterocycles. The second kappa shape index (κ2) is 4.14. The number of allylic oxidation sites excluding steroid dienone is 2. The fourth-order valence-electron chi connectivity index (χ4n) is 2.04. The smallest absolute Gasteiger partial charge is 0.169 e. The standard InChI is InChI=1S/C12H16O2/c1-2-3-4-11-5-7-12(8-6-11)13-9-10-14-12/h2-3H,1,5-10H2. The molecule has 2 heteroatoms. The van der Waals surface area contributed by atoms with E-state index < -0.39 is 0 Å². The van der Waals surface area contributed by atoms with Crippen LogP contribution in [0.4, 0.5) is 0 Å². The van der Waals surface area contributed by atoms with Crippen LogP contribution in [-0.4, -0.2) is 19.0 Å². The highest BCUT2D eigenvalue weighted by Gasteiger charge is 2.38. The van der Waals surface area contributed by atoms with Crippen molar-refractivity contribution in [2.75, 3.05) is 13.2 Å². The fraction of sp³-hybridized carbons (Fsp3) is 0.583. The Hall–Kier alpha value is -0.820. The van der Waals surface area contributed by atoms with E-state index >= 15 is 0 Å². The Morgan fingerprint density at radius 1 is 1.21 bits per heavy atom. The first-order valence-corrected chi connectivity index (χ1v) is 5.18. The molecule has 1 heterocycles. The highest BCUT2D eigenvalue weighted by molar-refractivity contribution is 5.10. The summed E-state index contributed by atoms with van der Waals surface area (Å²) >= 11 is 0. The van der Waals surface area contributed by atoms with E-state index in [1.165, 1.54) is 5.57 Å². The zero-order valence-electron chi connectivity index (χ0n) is 8.42. The van der Waals surface area contributed by atoms with Crippen molar-refractivity contribution in [2.24, 2.45) is 0 Å². The number of ether oxygens (including phenoxy) is 2. The molecule has 1 saturated carbocycles. The zero-order valence-corrected chi connectivity index (χ0v) is 8.42. The van der Waals surface area contributed by atoms with Crippen LogP contribution in [0.1, 0.15) is 25.7 Å². The monoisotopic (exact) mass is 192 g/mol. The molecule has 1 spiro atoms. The van der Waals surface area contributed by atoms with Crippen molar-refractivity contribution >= 4 is 0 Å². The zero-order chi connectivity index (χ0) is 9.86. The summed E-state index contributed by atoms with van der Waals surface area (Å²) in [5, 5.41) is 0. The lowest BCUT2D eigenvalue weighted by molar-refractivity contribution is -0.171. The molecular weight excluding hydrogens is 176 g/mol. The molecule has 0 radical (unpaired) electrons. The van der Waals surface area contributed by atoms with Gasteiger partial charge in [0.15, 0.2) is 5.79 Å². The molecule has 2 rings (SSSR count). The maximum atomic E-state index is 5.64. The molecule has 2 nitrogen and oxygen atoms in total. The molecule has 0 aromatic rings. The van der Waals surface area contributed by atoms with Crippen LogP contribution in [0.3, 0.4) is 0 Å². The summed E-state index contributed by atoms with van der Waals surface area (Å²) in [7, 11) is 0. The Morgan fingerprint density at radius 3 is 2.43 bits per heavy atom. The normalized spacial score (nSPS) is 24.7. The van der Waals surface area contributed by atoms with Crippen molar-refractivity contribution in [3.05, 3.63) is 30.0 Å². The van der Waals surface area contributed by atoms with Crippen molar-refractivity contribution in [1.29, 1.82) is 0 Å². The average molecular weight is 192 g/mol. The molecule has 2 fully saturated rings. The molecule has 0 aromatic carbocycles. The van der Waals surface area contributed by atoms with Crippen LogP contribution in [0.25, 0.3) is 0 Å². The van der Waals surface area contributed by atoms with E-state index in [1.807, 2.05) is 6.08 Å². The summed E-state index contributed by atoms with van der Waals surface area (Å²) in [5.41, 5.74) is 4.60.